The van der Waals surface area contributed by atoms with Crippen molar-refractivity contribution in [1.82, 2.24) is 4.90 Å². The van der Waals surface area contributed by atoms with Crippen molar-refractivity contribution in [2.24, 2.45) is 0 Å². The summed E-state index contributed by atoms with van der Waals surface area (Å²) < 4.78 is 25.6. The van der Waals surface area contributed by atoms with Crippen molar-refractivity contribution in [3.8, 4) is 5.75 Å². The molecule has 0 unspecified atom stereocenters. The highest BCUT2D eigenvalue weighted by Crippen LogP contribution is 2.45. The van der Waals surface area contributed by atoms with Gasteiger partial charge in [0.1, 0.15) is 5.75 Å². The van der Waals surface area contributed by atoms with E-state index < -0.39 is 20.7 Å². The van der Waals surface area contributed by atoms with E-state index in [1.807, 2.05) is 18.2 Å². The molecule has 1 heterocycles. The summed E-state index contributed by atoms with van der Waals surface area (Å²) >= 11 is 0. The summed E-state index contributed by atoms with van der Waals surface area (Å²) in [4.78, 5) is 2.32. The predicted octanol–water partition coefficient (Wildman–Crippen LogP) is 2.55. The van der Waals surface area contributed by atoms with E-state index in [1.165, 1.54) is 29.8 Å². The molecule has 1 saturated carbocycles. The third-order valence-electron chi connectivity index (χ3n) is 5.87. The number of aliphatic hydroxyl groups is 1. The van der Waals surface area contributed by atoms with Crippen LogP contribution in [-0.2, 0) is 9.84 Å². The molecule has 2 aromatic rings. The Labute approximate surface area is 160 Å². The van der Waals surface area contributed by atoms with Crippen LogP contribution in [0.25, 0.3) is 0 Å². The topological polar surface area (TPSA) is 77.8 Å². The number of likely N-dealkylation sites (tertiary alicyclic amines) is 1. The van der Waals surface area contributed by atoms with Gasteiger partial charge in [-0.3, -0.25) is 4.90 Å². The number of hydrogen-bond donors (Lipinski definition) is 2. The van der Waals surface area contributed by atoms with E-state index in [-0.39, 0.29) is 10.6 Å². The first-order chi connectivity index (χ1) is 12.9. The van der Waals surface area contributed by atoms with Crippen LogP contribution in [0.2, 0.25) is 0 Å². The van der Waals surface area contributed by atoms with E-state index in [0.717, 1.165) is 12.8 Å². The van der Waals surface area contributed by atoms with Gasteiger partial charge in [0.05, 0.1) is 15.7 Å². The van der Waals surface area contributed by atoms with Gasteiger partial charge in [0, 0.05) is 13.1 Å². The summed E-state index contributed by atoms with van der Waals surface area (Å²) in [7, 11) is -3.42. The monoisotopic (exact) mass is 387 g/mol. The van der Waals surface area contributed by atoms with Crippen LogP contribution in [-0.4, -0.2) is 54.0 Å². The van der Waals surface area contributed by atoms with Gasteiger partial charge in [-0.05, 0) is 61.6 Å². The fourth-order valence-corrected chi connectivity index (χ4v) is 6.11. The van der Waals surface area contributed by atoms with Crippen LogP contribution in [0.3, 0.4) is 0 Å². The van der Waals surface area contributed by atoms with Crippen LogP contribution in [0, 0.1) is 0 Å². The molecular weight excluding hydrogens is 362 g/mol. The zero-order chi connectivity index (χ0) is 19.1. The lowest BCUT2D eigenvalue weighted by Gasteiger charge is -2.46. The zero-order valence-electron chi connectivity index (χ0n) is 15.2. The van der Waals surface area contributed by atoms with E-state index in [2.05, 4.69) is 17.0 Å². The second kappa shape index (κ2) is 6.93. The fourth-order valence-electron chi connectivity index (χ4n) is 4.39. The molecular formula is C21H25NO4S. The van der Waals surface area contributed by atoms with Crippen molar-refractivity contribution in [2.75, 3.05) is 19.6 Å². The average Bonchev–Trinajstić information content (AvgIpc) is 3.10. The summed E-state index contributed by atoms with van der Waals surface area (Å²) in [6.45, 7) is 1.65. The Morgan fingerprint density at radius 2 is 1.70 bits per heavy atom. The molecule has 144 valence electrons. The van der Waals surface area contributed by atoms with E-state index in [1.54, 1.807) is 0 Å². The Kier molecular flexibility index (Phi) is 4.74. The SMILES string of the molecule is O=S(=O)(c1ccc(O)cc1)[C@H]1CCN(C[C@]2(O)C[C@@H](c3ccccc3)C2)C1. The standard InChI is InChI=1S/C21H25NO4S/c23-18-6-8-19(9-7-18)27(25,26)20-10-11-22(14-20)15-21(24)12-17(13-21)16-4-2-1-3-5-16/h1-9,17,20,23-24H,10-15H2/t17-,20-,21+/m0/s1. The van der Waals surface area contributed by atoms with Crippen molar-refractivity contribution in [1.29, 1.82) is 0 Å². The number of hydrogen-bond acceptors (Lipinski definition) is 5. The van der Waals surface area contributed by atoms with E-state index in [4.69, 9.17) is 0 Å². The molecule has 6 heteroatoms. The van der Waals surface area contributed by atoms with Crippen molar-refractivity contribution >= 4 is 9.84 Å². The molecule has 2 aromatic carbocycles. The smallest absolute Gasteiger partial charge is 0.182 e. The van der Waals surface area contributed by atoms with E-state index >= 15 is 0 Å². The first-order valence-corrected chi connectivity index (χ1v) is 10.9. The van der Waals surface area contributed by atoms with Crippen molar-refractivity contribution in [2.45, 2.75) is 40.9 Å². The van der Waals surface area contributed by atoms with Crippen LogP contribution < -0.4 is 0 Å². The molecule has 0 spiro atoms. The van der Waals surface area contributed by atoms with Gasteiger partial charge >= 0.3 is 0 Å². The highest BCUT2D eigenvalue weighted by Gasteiger charge is 2.46. The summed E-state index contributed by atoms with van der Waals surface area (Å²) in [5, 5.41) is 19.7. The first kappa shape index (κ1) is 18.5. The zero-order valence-corrected chi connectivity index (χ0v) is 16.0. The molecule has 2 N–H and O–H groups in total. The van der Waals surface area contributed by atoms with Gasteiger partial charge < -0.3 is 10.2 Å². The van der Waals surface area contributed by atoms with Crippen LogP contribution >= 0.6 is 0 Å². The van der Waals surface area contributed by atoms with Gasteiger partial charge in [0.2, 0.25) is 0 Å². The minimum absolute atomic E-state index is 0.0576. The third kappa shape index (κ3) is 3.74. The molecule has 0 amide bonds. The summed E-state index contributed by atoms with van der Waals surface area (Å²) in [6.07, 6.45) is 2.02. The Morgan fingerprint density at radius 3 is 2.37 bits per heavy atom. The van der Waals surface area contributed by atoms with Crippen LogP contribution in [0.4, 0.5) is 0 Å². The lowest BCUT2D eigenvalue weighted by Crippen LogP contribution is -2.51. The van der Waals surface area contributed by atoms with Crippen LogP contribution in [0.15, 0.2) is 59.5 Å². The highest BCUT2D eigenvalue weighted by atomic mass is 32.2. The molecule has 1 aliphatic heterocycles. The predicted molar refractivity (Wildman–Crippen MR) is 104 cm³/mol. The van der Waals surface area contributed by atoms with Gasteiger partial charge in [0.15, 0.2) is 9.84 Å². The Hall–Kier alpha value is -1.89. The Morgan fingerprint density at radius 1 is 1.04 bits per heavy atom. The number of benzene rings is 2. The lowest BCUT2D eigenvalue weighted by atomic mass is 9.67. The van der Waals surface area contributed by atoms with E-state index in [9.17, 15) is 18.6 Å². The van der Waals surface area contributed by atoms with Crippen molar-refractivity contribution in [3.63, 3.8) is 0 Å². The summed E-state index contributed by atoms with van der Waals surface area (Å²) in [6, 6.07) is 15.9. The van der Waals surface area contributed by atoms with Gasteiger partial charge in [-0.25, -0.2) is 8.42 Å². The molecule has 0 bridgehead atoms. The van der Waals surface area contributed by atoms with Gasteiger partial charge in [-0.15, -0.1) is 0 Å². The average molecular weight is 388 g/mol. The Bertz CT molecular complexity index is 890. The normalized spacial score (nSPS) is 28.8. The van der Waals surface area contributed by atoms with Crippen molar-refractivity contribution in [3.05, 3.63) is 60.2 Å². The molecule has 1 atom stereocenters. The molecule has 0 aromatic heterocycles. The first-order valence-electron chi connectivity index (χ1n) is 9.38. The molecule has 1 saturated heterocycles. The maximum absolute atomic E-state index is 12.8. The molecule has 2 fully saturated rings. The number of β-amino-alcohol motifs (C(OH)–C–C–N with tert-alkyl or cyclic N) is 1. The highest BCUT2D eigenvalue weighted by molar-refractivity contribution is 7.92. The van der Waals surface area contributed by atoms with Gasteiger partial charge in [-0.1, -0.05) is 30.3 Å². The molecule has 0 radical (unpaired) electrons. The lowest BCUT2D eigenvalue weighted by molar-refractivity contribution is -0.0686. The number of sulfone groups is 1. The molecule has 2 aliphatic rings. The second-order valence-corrected chi connectivity index (χ2v) is 10.2. The largest absolute Gasteiger partial charge is 0.508 e. The Balaban J connectivity index is 1.36. The quantitative estimate of drug-likeness (QED) is 0.824. The van der Waals surface area contributed by atoms with Gasteiger partial charge in [0.25, 0.3) is 0 Å². The fraction of sp³-hybridized carbons (Fsp3) is 0.429. The third-order valence-corrected chi connectivity index (χ3v) is 8.07. The number of phenols is 1. The van der Waals surface area contributed by atoms with Crippen molar-refractivity contribution < 1.29 is 18.6 Å². The second-order valence-electron chi connectivity index (χ2n) is 7.92. The van der Waals surface area contributed by atoms with Gasteiger partial charge in [-0.2, -0.15) is 0 Å². The minimum atomic E-state index is -3.42. The maximum Gasteiger partial charge on any atom is 0.182 e. The summed E-state index contributed by atoms with van der Waals surface area (Å²) in [5.74, 6) is 0.442. The van der Waals surface area contributed by atoms with Crippen LogP contribution in [0.5, 0.6) is 5.75 Å². The number of nitrogens with zero attached hydrogens (tertiary/aromatic N) is 1. The molecule has 1 aliphatic carbocycles. The number of rotatable bonds is 5. The number of aromatic hydroxyl groups is 1. The molecule has 27 heavy (non-hydrogen) atoms. The summed E-state index contributed by atoms with van der Waals surface area (Å²) in [5.41, 5.74) is 0.536. The maximum atomic E-state index is 12.8. The molecule has 5 nitrogen and oxygen atoms in total. The number of phenolic OH excluding ortho intramolecular Hbond substituents is 1. The minimum Gasteiger partial charge on any atom is -0.508 e. The van der Waals surface area contributed by atoms with E-state index in [0.29, 0.717) is 32.0 Å². The van der Waals surface area contributed by atoms with Crippen LogP contribution in [0.1, 0.15) is 30.7 Å². The molecule has 4 rings (SSSR count).